The Morgan fingerprint density at radius 1 is 0.795 bits per heavy atom. The van der Waals surface area contributed by atoms with Gasteiger partial charge in [-0.3, -0.25) is 14.4 Å². The normalized spacial score (nSPS) is 11.0. The van der Waals surface area contributed by atoms with Crippen LogP contribution in [-0.4, -0.2) is 23.5 Å². The van der Waals surface area contributed by atoms with Crippen LogP contribution >= 0.6 is 23.4 Å². The van der Waals surface area contributed by atoms with E-state index in [1.54, 1.807) is 72.8 Å². The first-order valence-electron chi connectivity index (χ1n) is 11.8. The number of anilines is 2. The van der Waals surface area contributed by atoms with E-state index in [0.29, 0.717) is 27.5 Å². The predicted octanol–water partition coefficient (Wildman–Crippen LogP) is 6.62. The van der Waals surface area contributed by atoms with Crippen LogP contribution in [0.15, 0.2) is 114 Å². The summed E-state index contributed by atoms with van der Waals surface area (Å²) in [6, 6.07) is 27.8. The molecule has 3 N–H and O–H groups in total. The fourth-order valence-electron chi connectivity index (χ4n) is 3.41. The molecule has 0 radical (unpaired) electrons. The van der Waals surface area contributed by atoms with E-state index < -0.39 is 17.6 Å². The molecule has 39 heavy (non-hydrogen) atoms. The molecule has 0 bridgehead atoms. The molecule has 9 heteroatoms. The molecule has 196 valence electrons. The number of rotatable bonds is 9. The molecular weight excluding hydrogens is 537 g/mol. The summed E-state index contributed by atoms with van der Waals surface area (Å²) in [5.74, 6) is -1.48. The van der Waals surface area contributed by atoms with Crippen LogP contribution in [0.1, 0.15) is 15.9 Å². The van der Waals surface area contributed by atoms with Crippen LogP contribution in [0.4, 0.5) is 15.8 Å². The van der Waals surface area contributed by atoms with E-state index in [-0.39, 0.29) is 17.4 Å². The molecule has 4 aromatic rings. The molecule has 0 heterocycles. The summed E-state index contributed by atoms with van der Waals surface area (Å²) in [6.07, 6.45) is 1.47. The molecule has 0 unspecified atom stereocenters. The summed E-state index contributed by atoms with van der Waals surface area (Å²) in [5.41, 5.74) is 2.01. The Kier molecular flexibility index (Phi) is 9.50. The maximum Gasteiger partial charge on any atom is 0.272 e. The van der Waals surface area contributed by atoms with Gasteiger partial charge in [-0.05, 0) is 78.4 Å². The lowest BCUT2D eigenvalue weighted by molar-refractivity contribution is -0.114. The van der Waals surface area contributed by atoms with Gasteiger partial charge in [-0.15, -0.1) is 11.8 Å². The number of benzene rings is 4. The molecule has 0 saturated carbocycles. The van der Waals surface area contributed by atoms with Crippen LogP contribution in [-0.2, 0) is 9.59 Å². The van der Waals surface area contributed by atoms with E-state index in [4.69, 9.17) is 11.6 Å². The minimum Gasteiger partial charge on any atom is -0.325 e. The molecule has 0 aliphatic rings. The van der Waals surface area contributed by atoms with Crippen molar-refractivity contribution < 1.29 is 18.8 Å². The third-order valence-electron chi connectivity index (χ3n) is 5.30. The Hall–Kier alpha value is -4.40. The van der Waals surface area contributed by atoms with Crippen LogP contribution in [0.2, 0.25) is 5.02 Å². The number of hydrogen-bond donors (Lipinski definition) is 3. The summed E-state index contributed by atoms with van der Waals surface area (Å²) in [4.78, 5) is 39.1. The average molecular weight is 560 g/mol. The van der Waals surface area contributed by atoms with Crippen LogP contribution < -0.4 is 16.0 Å². The Bertz CT molecular complexity index is 1490. The molecular formula is C30H23ClFN3O3S. The molecule has 0 atom stereocenters. The fourth-order valence-corrected chi connectivity index (χ4v) is 4.29. The minimum atomic E-state index is -0.564. The fraction of sp³-hybridized carbons (Fsp3) is 0.0333. The van der Waals surface area contributed by atoms with Gasteiger partial charge in [0, 0.05) is 26.9 Å². The zero-order valence-corrected chi connectivity index (χ0v) is 22.1. The first-order valence-corrected chi connectivity index (χ1v) is 13.2. The number of nitrogens with one attached hydrogen (secondary N) is 3. The second-order valence-electron chi connectivity index (χ2n) is 8.26. The predicted molar refractivity (Wildman–Crippen MR) is 154 cm³/mol. The van der Waals surface area contributed by atoms with Gasteiger partial charge in [-0.25, -0.2) is 4.39 Å². The third kappa shape index (κ3) is 8.56. The van der Waals surface area contributed by atoms with Crippen molar-refractivity contribution in [2.75, 3.05) is 16.4 Å². The van der Waals surface area contributed by atoms with Gasteiger partial charge >= 0.3 is 0 Å². The van der Waals surface area contributed by atoms with Crippen LogP contribution in [0.3, 0.4) is 0 Å². The summed E-state index contributed by atoms with van der Waals surface area (Å²) >= 11 is 7.18. The van der Waals surface area contributed by atoms with Gasteiger partial charge in [0.1, 0.15) is 11.5 Å². The summed E-state index contributed by atoms with van der Waals surface area (Å²) < 4.78 is 13.4. The quantitative estimate of drug-likeness (QED) is 0.159. The summed E-state index contributed by atoms with van der Waals surface area (Å²) in [7, 11) is 0. The van der Waals surface area contributed by atoms with Gasteiger partial charge in [0.2, 0.25) is 5.91 Å². The number of halogens is 2. The van der Waals surface area contributed by atoms with Gasteiger partial charge in [0.15, 0.2) is 0 Å². The number of thioether (sulfide) groups is 1. The molecule has 0 aromatic heterocycles. The zero-order valence-electron chi connectivity index (χ0n) is 20.5. The van der Waals surface area contributed by atoms with Crippen LogP contribution in [0.5, 0.6) is 0 Å². The lowest BCUT2D eigenvalue weighted by Crippen LogP contribution is -2.30. The van der Waals surface area contributed by atoms with E-state index in [9.17, 15) is 18.8 Å². The lowest BCUT2D eigenvalue weighted by atomic mass is 10.1. The highest BCUT2D eigenvalue weighted by molar-refractivity contribution is 8.00. The van der Waals surface area contributed by atoms with Gasteiger partial charge in [-0.1, -0.05) is 48.0 Å². The maximum absolute atomic E-state index is 13.4. The molecule has 3 amide bonds. The number of amides is 3. The van der Waals surface area contributed by atoms with Crippen molar-refractivity contribution in [2.24, 2.45) is 0 Å². The number of carbonyl (C=O) groups excluding carboxylic acids is 3. The molecule has 0 saturated heterocycles. The van der Waals surface area contributed by atoms with Crippen molar-refractivity contribution in [1.29, 1.82) is 0 Å². The van der Waals surface area contributed by atoms with E-state index in [0.717, 1.165) is 4.90 Å². The number of hydrogen-bond acceptors (Lipinski definition) is 4. The molecule has 0 spiro atoms. The molecule has 4 aromatic carbocycles. The molecule has 0 fully saturated rings. The SMILES string of the molecule is O=C(CSc1cccc(NC(=O)/C(=C/c2ccc(F)cc2)NC(=O)c2ccccc2)c1)Nc1ccc(Cl)cc1. The minimum absolute atomic E-state index is 0.0177. The Balaban J connectivity index is 1.44. The van der Waals surface area contributed by atoms with Gasteiger partial charge in [0.05, 0.1) is 5.75 Å². The number of carbonyl (C=O) groups is 3. The topological polar surface area (TPSA) is 87.3 Å². The zero-order chi connectivity index (χ0) is 27.6. The van der Waals surface area contributed by atoms with Crippen molar-refractivity contribution in [1.82, 2.24) is 5.32 Å². The van der Waals surface area contributed by atoms with Crippen LogP contribution in [0, 0.1) is 5.82 Å². The Morgan fingerprint density at radius 3 is 2.23 bits per heavy atom. The summed E-state index contributed by atoms with van der Waals surface area (Å²) in [6.45, 7) is 0. The largest absolute Gasteiger partial charge is 0.325 e. The van der Waals surface area contributed by atoms with Crippen molar-refractivity contribution in [3.8, 4) is 0 Å². The Labute approximate surface area is 234 Å². The van der Waals surface area contributed by atoms with Crippen molar-refractivity contribution in [3.05, 3.63) is 131 Å². The molecule has 4 rings (SSSR count). The molecule has 0 aliphatic heterocycles. The van der Waals surface area contributed by atoms with Gasteiger partial charge in [0.25, 0.3) is 11.8 Å². The molecule has 6 nitrogen and oxygen atoms in total. The van der Waals surface area contributed by atoms with Crippen LogP contribution in [0.25, 0.3) is 6.08 Å². The molecule has 0 aliphatic carbocycles. The average Bonchev–Trinajstić information content (AvgIpc) is 2.94. The highest BCUT2D eigenvalue weighted by Crippen LogP contribution is 2.23. The second kappa shape index (κ2) is 13.4. The first-order chi connectivity index (χ1) is 18.9. The maximum atomic E-state index is 13.4. The lowest BCUT2D eigenvalue weighted by Gasteiger charge is -2.12. The highest BCUT2D eigenvalue weighted by atomic mass is 35.5. The smallest absolute Gasteiger partial charge is 0.272 e. The Morgan fingerprint density at radius 2 is 1.51 bits per heavy atom. The van der Waals surface area contributed by atoms with E-state index in [1.807, 2.05) is 6.07 Å². The highest BCUT2D eigenvalue weighted by Gasteiger charge is 2.15. The van der Waals surface area contributed by atoms with Crippen molar-refractivity contribution in [3.63, 3.8) is 0 Å². The van der Waals surface area contributed by atoms with Gasteiger partial charge in [-0.2, -0.15) is 0 Å². The standard InChI is InChI=1S/C30H23ClFN3O3S/c31-22-11-15-24(16-12-22)33-28(36)19-39-26-8-4-7-25(18-26)34-30(38)27(17-20-9-13-23(32)14-10-20)35-29(37)21-5-2-1-3-6-21/h1-18H,19H2,(H,33,36)(H,34,38)(H,35,37)/b27-17-. The second-order valence-corrected chi connectivity index (χ2v) is 9.74. The summed E-state index contributed by atoms with van der Waals surface area (Å²) in [5, 5.41) is 8.81. The van der Waals surface area contributed by atoms with E-state index in [1.165, 1.54) is 42.1 Å². The monoisotopic (exact) mass is 559 g/mol. The first kappa shape index (κ1) is 27.6. The van der Waals surface area contributed by atoms with Gasteiger partial charge < -0.3 is 16.0 Å². The van der Waals surface area contributed by atoms with E-state index >= 15 is 0 Å². The van der Waals surface area contributed by atoms with Crippen molar-refractivity contribution >= 4 is 58.5 Å². The van der Waals surface area contributed by atoms with Crippen molar-refractivity contribution in [2.45, 2.75) is 4.90 Å². The third-order valence-corrected chi connectivity index (χ3v) is 6.55. The van der Waals surface area contributed by atoms with E-state index in [2.05, 4.69) is 16.0 Å².